The van der Waals surface area contributed by atoms with Crippen LogP contribution >= 0.6 is 0 Å². The summed E-state index contributed by atoms with van der Waals surface area (Å²) in [6, 6.07) is 16.4. The zero-order valence-electron chi connectivity index (χ0n) is 18.0. The molecule has 158 valence electrons. The molecule has 1 aliphatic rings. The monoisotopic (exact) mass is 406 g/mol. The number of ether oxygens (including phenoxy) is 1. The maximum atomic E-state index is 13.4. The van der Waals surface area contributed by atoms with Gasteiger partial charge in [0.2, 0.25) is 5.91 Å². The second-order valence-corrected chi connectivity index (χ2v) is 8.20. The van der Waals surface area contributed by atoms with Crippen molar-refractivity contribution in [2.24, 2.45) is 0 Å². The van der Waals surface area contributed by atoms with Crippen LogP contribution in [0.2, 0.25) is 0 Å². The molecule has 1 fully saturated rings. The van der Waals surface area contributed by atoms with Gasteiger partial charge in [-0.05, 0) is 49.6 Å². The first kappa shape index (κ1) is 20.4. The second kappa shape index (κ2) is 8.88. The number of amides is 1. The SMILES string of the molecule is Cc1nc2ccccc2n1CC(=O)N(Cc1ccc(N(C)C)cc1)CC1CCCO1. The van der Waals surface area contributed by atoms with E-state index in [0.29, 0.717) is 13.1 Å². The Morgan fingerprint density at radius 1 is 1.17 bits per heavy atom. The summed E-state index contributed by atoms with van der Waals surface area (Å²) in [7, 11) is 4.06. The van der Waals surface area contributed by atoms with E-state index in [9.17, 15) is 4.79 Å². The Morgan fingerprint density at radius 3 is 2.63 bits per heavy atom. The highest BCUT2D eigenvalue weighted by Crippen LogP contribution is 2.20. The lowest BCUT2D eigenvalue weighted by Gasteiger charge is -2.26. The Hall–Kier alpha value is -2.86. The van der Waals surface area contributed by atoms with Crippen molar-refractivity contribution in [2.75, 3.05) is 32.1 Å². The lowest BCUT2D eigenvalue weighted by Crippen LogP contribution is -2.39. The lowest BCUT2D eigenvalue weighted by molar-refractivity contribution is -0.134. The van der Waals surface area contributed by atoms with E-state index >= 15 is 0 Å². The standard InChI is InChI=1S/C24H30N4O2/c1-18-25-22-8-4-5-9-23(22)28(18)17-24(29)27(16-21-7-6-14-30-21)15-19-10-12-20(13-11-19)26(2)3/h4-5,8-13,21H,6-7,14-17H2,1-3H3. The summed E-state index contributed by atoms with van der Waals surface area (Å²) >= 11 is 0. The molecule has 2 heterocycles. The average molecular weight is 407 g/mol. The van der Waals surface area contributed by atoms with Crippen LogP contribution in [0.1, 0.15) is 24.2 Å². The van der Waals surface area contributed by atoms with Gasteiger partial charge in [-0.3, -0.25) is 4.79 Å². The van der Waals surface area contributed by atoms with Gasteiger partial charge in [0.05, 0.1) is 17.1 Å². The van der Waals surface area contributed by atoms with E-state index in [-0.39, 0.29) is 18.6 Å². The van der Waals surface area contributed by atoms with Gasteiger partial charge in [-0.1, -0.05) is 24.3 Å². The van der Waals surface area contributed by atoms with Gasteiger partial charge in [-0.2, -0.15) is 0 Å². The predicted octanol–water partition coefficient (Wildman–Crippen LogP) is 3.62. The molecule has 0 saturated carbocycles. The first-order valence-electron chi connectivity index (χ1n) is 10.6. The Morgan fingerprint density at radius 2 is 1.93 bits per heavy atom. The van der Waals surface area contributed by atoms with Gasteiger partial charge in [0.1, 0.15) is 12.4 Å². The lowest BCUT2D eigenvalue weighted by atomic mass is 10.1. The molecule has 30 heavy (non-hydrogen) atoms. The summed E-state index contributed by atoms with van der Waals surface area (Å²) in [6.45, 7) is 4.24. The number of rotatable bonds is 7. The zero-order valence-corrected chi connectivity index (χ0v) is 18.0. The van der Waals surface area contributed by atoms with Crippen LogP contribution in [0, 0.1) is 6.92 Å². The van der Waals surface area contributed by atoms with Gasteiger partial charge in [0.15, 0.2) is 0 Å². The van der Waals surface area contributed by atoms with E-state index in [2.05, 4.69) is 34.1 Å². The van der Waals surface area contributed by atoms with E-state index in [1.165, 1.54) is 0 Å². The van der Waals surface area contributed by atoms with Crippen LogP contribution < -0.4 is 4.90 Å². The minimum atomic E-state index is 0.0911. The van der Waals surface area contributed by atoms with Gasteiger partial charge >= 0.3 is 0 Å². The number of aryl methyl sites for hydroxylation is 1. The van der Waals surface area contributed by atoms with Crippen molar-refractivity contribution in [2.45, 2.75) is 39.0 Å². The van der Waals surface area contributed by atoms with Crippen LogP contribution in [-0.4, -0.2) is 53.7 Å². The number of hydrogen-bond donors (Lipinski definition) is 0. The second-order valence-electron chi connectivity index (χ2n) is 8.20. The molecule has 0 aliphatic carbocycles. The van der Waals surface area contributed by atoms with Crippen molar-refractivity contribution >= 4 is 22.6 Å². The summed E-state index contributed by atoms with van der Waals surface area (Å²) in [5.74, 6) is 0.949. The fraction of sp³-hybridized carbons (Fsp3) is 0.417. The minimum absolute atomic E-state index is 0.0911. The fourth-order valence-electron chi connectivity index (χ4n) is 4.04. The van der Waals surface area contributed by atoms with Gasteiger partial charge in [0, 0.05) is 39.5 Å². The molecule has 0 spiro atoms. The maximum Gasteiger partial charge on any atom is 0.242 e. The van der Waals surface area contributed by atoms with Crippen LogP contribution in [0.3, 0.4) is 0 Å². The van der Waals surface area contributed by atoms with Crippen molar-refractivity contribution in [1.29, 1.82) is 0 Å². The van der Waals surface area contributed by atoms with Crippen LogP contribution in [-0.2, 0) is 22.6 Å². The van der Waals surface area contributed by atoms with Crippen LogP contribution in [0.15, 0.2) is 48.5 Å². The normalized spacial score (nSPS) is 16.2. The van der Waals surface area contributed by atoms with Crippen molar-refractivity contribution in [3.05, 3.63) is 59.9 Å². The third kappa shape index (κ3) is 4.49. The number of hydrogen-bond acceptors (Lipinski definition) is 4. The first-order valence-corrected chi connectivity index (χ1v) is 10.6. The first-order chi connectivity index (χ1) is 14.5. The summed E-state index contributed by atoms with van der Waals surface area (Å²) in [4.78, 5) is 22.0. The fourth-order valence-corrected chi connectivity index (χ4v) is 4.04. The molecule has 1 aromatic heterocycles. The number of nitrogens with zero attached hydrogens (tertiary/aromatic N) is 4. The summed E-state index contributed by atoms with van der Waals surface area (Å²) in [6.07, 6.45) is 2.20. The van der Waals surface area contributed by atoms with Gasteiger partial charge in [-0.25, -0.2) is 4.98 Å². The molecule has 2 aromatic carbocycles. The molecule has 1 aliphatic heterocycles. The topological polar surface area (TPSA) is 50.6 Å². The molecule has 6 nitrogen and oxygen atoms in total. The molecule has 1 atom stereocenters. The third-order valence-electron chi connectivity index (χ3n) is 5.77. The molecule has 1 amide bonds. The molecular formula is C24H30N4O2. The number of carbonyl (C=O) groups is 1. The zero-order chi connectivity index (χ0) is 21.1. The summed E-state index contributed by atoms with van der Waals surface area (Å²) in [5.41, 5.74) is 4.19. The quantitative estimate of drug-likeness (QED) is 0.601. The smallest absolute Gasteiger partial charge is 0.242 e. The van der Waals surface area contributed by atoms with Crippen molar-refractivity contribution < 1.29 is 9.53 Å². The maximum absolute atomic E-state index is 13.4. The molecule has 4 rings (SSSR count). The van der Waals surface area contributed by atoms with Crippen LogP contribution in [0.4, 0.5) is 5.69 Å². The molecule has 0 radical (unpaired) electrons. The molecule has 3 aromatic rings. The highest BCUT2D eigenvalue weighted by Gasteiger charge is 2.24. The van der Waals surface area contributed by atoms with E-state index in [1.54, 1.807) is 0 Å². The highest BCUT2D eigenvalue weighted by atomic mass is 16.5. The number of anilines is 1. The minimum Gasteiger partial charge on any atom is -0.378 e. The van der Waals surface area contributed by atoms with Crippen molar-refractivity contribution in [3.63, 3.8) is 0 Å². The summed E-state index contributed by atoms with van der Waals surface area (Å²) < 4.78 is 7.84. The Kier molecular flexibility index (Phi) is 6.04. The van der Waals surface area contributed by atoms with Crippen LogP contribution in [0.25, 0.3) is 11.0 Å². The van der Waals surface area contributed by atoms with Gasteiger partial charge in [-0.15, -0.1) is 0 Å². The van der Waals surface area contributed by atoms with E-state index in [4.69, 9.17) is 4.74 Å². The summed E-state index contributed by atoms with van der Waals surface area (Å²) in [5, 5.41) is 0. The third-order valence-corrected chi connectivity index (χ3v) is 5.77. The van der Waals surface area contributed by atoms with Gasteiger partial charge in [0.25, 0.3) is 0 Å². The van der Waals surface area contributed by atoms with E-state index < -0.39 is 0 Å². The molecule has 0 bridgehead atoms. The molecule has 6 heteroatoms. The molecule has 1 unspecified atom stereocenters. The Labute approximate surface area is 178 Å². The number of aromatic nitrogens is 2. The van der Waals surface area contributed by atoms with Crippen molar-refractivity contribution in [1.82, 2.24) is 14.5 Å². The number of benzene rings is 2. The van der Waals surface area contributed by atoms with E-state index in [1.807, 2.05) is 54.8 Å². The van der Waals surface area contributed by atoms with Crippen LogP contribution in [0.5, 0.6) is 0 Å². The Balaban J connectivity index is 1.54. The van der Waals surface area contributed by atoms with Gasteiger partial charge < -0.3 is 19.1 Å². The number of imidazole rings is 1. The highest BCUT2D eigenvalue weighted by molar-refractivity contribution is 5.81. The average Bonchev–Trinajstić information content (AvgIpc) is 3.36. The van der Waals surface area contributed by atoms with E-state index in [0.717, 1.165) is 47.6 Å². The van der Waals surface area contributed by atoms with Crippen molar-refractivity contribution in [3.8, 4) is 0 Å². The number of para-hydroxylation sites is 2. The molecular weight excluding hydrogens is 376 g/mol. The molecule has 0 N–H and O–H groups in total. The Bertz CT molecular complexity index is 1000. The number of carbonyl (C=O) groups excluding carboxylic acids is 1. The molecule has 1 saturated heterocycles. The number of fused-ring (bicyclic) bond motifs is 1. The largest absolute Gasteiger partial charge is 0.378 e. The predicted molar refractivity (Wildman–Crippen MR) is 120 cm³/mol.